The number of hydrogen-bond acceptors (Lipinski definition) is 3. The van der Waals surface area contributed by atoms with Crippen molar-refractivity contribution in [3.8, 4) is 17.6 Å². The third-order valence-corrected chi connectivity index (χ3v) is 4.04. The molecule has 2 aromatic carbocycles. The summed E-state index contributed by atoms with van der Waals surface area (Å²) in [5, 5.41) is 0. The summed E-state index contributed by atoms with van der Waals surface area (Å²) < 4.78 is 32.6. The molecule has 108 valence electrons. The average Bonchev–Trinajstić information content (AvgIpc) is 2.50. The van der Waals surface area contributed by atoms with Crippen LogP contribution in [-0.2, 0) is 10.0 Å². The van der Waals surface area contributed by atoms with E-state index >= 15 is 0 Å². The molecule has 0 atom stereocenters. The highest BCUT2D eigenvalue weighted by molar-refractivity contribution is 7.92. The van der Waals surface area contributed by atoms with E-state index in [1.54, 1.807) is 49.4 Å². The molecule has 0 spiro atoms. The Labute approximate surface area is 124 Å². The van der Waals surface area contributed by atoms with Crippen molar-refractivity contribution < 1.29 is 13.2 Å². The zero-order valence-electron chi connectivity index (χ0n) is 11.5. The van der Waals surface area contributed by atoms with Gasteiger partial charge in [-0.2, -0.15) is 0 Å². The first-order chi connectivity index (χ1) is 10.1. The fourth-order valence-electron chi connectivity index (χ4n) is 1.67. The Morgan fingerprint density at radius 1 is 1.05 bits per heavy atom. The lowest BCUT2D eigenvalue weighted by atomic mass is 10.3. The maximum Gasteiger partial charge on any atom is 0.262 e. The van der Waals surface area contributed by atoms with E-state index in [1.165, 1.54) is 12.1 Å². The van der Waals surface area contributed by atoms with Crippen molar-refractivity contribution in [2.24, 2.45) is 0 Å². The van der Waals surface area contributed by atoms with Crippen molar-refractivity contribution in [1.82, 2.24) is 0 Å². The molecule has 0 aliphatic carbocycles. The molecular formula is C16H15NO3S. The van der Waals surface area contributed by atoms with Gasteiger partial charge in [-0.1, -0.05) is 36.3 Å². The number of ether oxygens (including phenoxy) is 1. The smallest absolute Gasteiger partial charge is 0.262 e. The van der Waals surface area contributed by atoms with Crippen molar-refractivity contribution in [2.45, 2.75) is 11.8 Å². The molecule has 0 saturated heterocycles. The molecule has 0 unspecified atom stereocenters. The number of nitrogens with one attached hydrogen (secondary N) is 1. The molecule has 0 heterocycles. The Morgan fingerprint density at radius 3 is 2.43 bits per heavy atom. The molecule has 4 nitrogen and oxygen atoms in total. The second-order valence-electron chi connectivity index (χ2n) is 4.13. The minimum atomic E-state index is -3.63. The van der Waals surface area contributed by atoms with Crippen LogP contribution >= 0.6 is 0 Å². The summed E-state index contributed by atoms with van der Waals surface area (Å²) in [6, 6.07) is 15.0. The van der Waals surface area contributed by atoms with Gasteiger partial charge in [-0.25, -0.2) is 8.42 Å². The Balaban J connectivity index is 2.24. The Bertz CT molecular complexity index is 759. The van der Waals surface area contributed by atoms with Gasteiger partial charge in [0.1, 0.15) is 12.4 Å². The molecule has 2 rings (SSSR count). The van der Waals surface area contributed by atoms with Gasteiger partial charge in [0.05, 0.1) is 10.6 Å². The van der Waals surface area contributed by atoms with Crippen LogP contribution in [0.4, 0.5) is 5.69 Å². The van der Waals surface area contributed by atoms with Crippen LogP contribution in [0.1, 0.15) is 6.92 Å². The van der Waals surface area contributed by atoms with Crippen molar-refractivity contribution >= 4 is 15.7 Å². The molecule has 0 radical (unpaired) electrons. The molecule has 1 N–H and O–H groups in total. The Morgan fingerprint density at radius 2 is 1.71 bits per heavy atom. The highest BCUT2D eigenvalue weighted by Crippen LogP contribution is 2.26. The highest BCUT2D eigenvalue weighted by Gasteiger charge is 2.15. The van der Waals surface area contributed by atoms with E-state index in [0.29, 0.717) is 11.4 Å². The summed E-state index contributed by atoms with van der Waals surface area (Å²) in [5.74, 6) is 5.93. The van der Waals surface area contributed by atoms with Gasteiger partial charge in [-0.3, -0.25) is 4.72 Å². The van der Waals surface area contributed by atoms with E-state index < -0.39 is 10.0 Å². The molecule has 0 saturated carbocycles. The monoisotopic (exact) mass is 301 g/mol. The zero-order chi connectivity index (χ0) is 15.1. The molecule has 0 aliphatic heterocycles. The summed E-state index contributed by atoms with van der Waals surface area (Å²) in [6.07, 6.45) is 0. The summed E-state index contributed by atoms with van der Waals surface area (Å²) in [4.78, 5) is 0.202. The number of rotatable bonds is 5. The summed E-state index contributed by atoms with van der Waals surface area (Å²) in [6.45, 7) is 1.92. The van der Waals surface area contributed by atoms with E-state index in [9.17, 15) is 8.42 Å². The van der Waals surface area contributed by atoms with Crippen LogP contribution in [0.25, 0.3) is 0 Å². The lowest BCUT2D eigenvalue weighted by molar-refractivity contribution is 0.372. The van der Waals surface area contributed by atoms with Gasteiger partial charge in [0, 0.05) is 0 Å². The second kappa shape index (κ2) is 6.82. The third kappa shape index (κ3) is 4.01. The van der Waals surface area contributed by atoms with Gasteiger partial charge in [-0.05, 0) is 31.2 Å². The quantitative estimate of drug-likeness (QED) is 0.864. The van der Waals surface area contributed by atoms with Crippen molar-refractivity contribution in [3.05, 3.63) is 54.6 Å². The summed E-state index contributed by atoms with van der Waals surface area (Å²) in [5.41, 5.74) is 0.388. The molecule has 0 aliphatic rings. The summed E-state index contributed by atoms with van der Waals surface area (Å²) >= 11 is 0. The van der Waals surface area contributed by atoms with E-state index in [4.69, 9.17) is 4.74 Å². The van der Waals surface area contributed by atoms with Crippen molar-refractivity contribution in [1.29, 1.82) is 0 Å². The highest BCUT2D eigenvalue weighted by atomic mass is 32.2. The van der Waals surface area contributed by atoms with Crippen molar-refractivity contribution in [3.63, 3.8) is 0 Å². The van der Waals surface area contributed by atoms with Gasteiger partial charge in [-0.15, -0.1) is 5.92 Å². The molecule has 21 heavy (non-hydrogen) atoms. The maximum atomic E-state index is 12.3. The average molecular weight is 301 g/mol. The molecule has 0 amide bonds. The summed E-state index contributed by atoms with van der Waals surface area (Å²) in [7, 11) is -3.63. The number of anilines is 1. The standard InChI is InChI=1S/C16H15NO3S/c1-2-3-13-20-16-12-8-7-11-15(16)17-21(18,19)14-9-5-4-6-10-14/h4-12,17H,13H2,1H3. The first-order valence-corrected chi connectivity index (χ1v) is 7.81. The molecule has 0 aromatic heterocycles. The first kappa shape index (κ1) is 14.9. The van der Waals surface area contributed by atoms with Crippen LogP contribution in [-0.4, -0.2) is 15.0 Å². The largest absolute Gasteiger partial charge is 0.479 e. The third-order valence-electron chi connectivity index (χ3n) is 2.66. The zero-order valence-corrected chi connectivity index (χ0v) is 12.4. The van der Waals surface area contributed by atoms with E-state index in [0.717, 1.165) is 0 Å². The molecule has 0 fully saturated rings. The maximum absolute atomic E-state index is 12.3. The van der Waals surface area contributed by atoms with Crippen LogP contribution < -0.4 is 9.46 Å². The van der Waals surface area contributed by atoms with E-state index in [-0.39, 0.29) is 11.5 Å². The number of sulfonamides is 1. The van der Waals surface area contributed by atoms with E-state index in [2.05, 4.69) is 16.6 Å². The number of hydrogen-bond donors (Lipinski definition) is 1. The minimum Gasteiger partial charge on any atom is -0.479 e. The fourth-order valence-corrected chi connectivity index (χ4v) is 2.76. The SMILES string of the molecule is CC#CCOc1ccccc1NS(=O)(=O)c1ccccc1. The Hall–Kier alpha value is -2.45. The van der Waals surface area contributed by atoms with Crippen LogP contribution in [0, 0.1) is 11.8 Å². The van der Waals surface area contributed by atoms with Gasteiger partial charge in [0.25, 0.3) is 10.0 Å². The van der Waals surface area contributed by atoms with Gasteiger partial charge in [0.2, 0.25) is 0 Å². The fraction of sp³-hybridized carbons (Fsp3) is 0.125. The topological polar surface area (TPSA) is 55.4 Å². The van der Waals surface area contributed by atoms with Crippen LogP contribution in [0.3, 0.4) is 0 Å². The predicted octanol–water partition coefficient (Wildman–Crippen LogP) is 2.89. The molecule has 0 bridgehead atoms. The minimum absolute atomic E-state index is 0.202. The lowest BCUT2D eigenvalue weighted by Gasteiger charge is -2.12. The number of para-hydroxylation sites is 2. The molecule has 5 heteroatoms. The van der Waals surface area contributed by atoms with Gasteiger partial charge < -0.3 is 4.74 Å². The number of benzene rings is 2. The van der Waals surface area contributed by atoms with Crippen LogP contribution in [0.5, 0.6) is 5.75 Å². The Kier molecular flexibility index (Phi) is 4.85. The van der Waals surface area contributed by atoms with E-state index in [1.807, 2.05) is 0 Å². The van der Waals surface area contributed by atoms with Crippen molar-refractivity contribution in [2.75, 3.05) is 11.3 Å². The normalized spacial score (nSPS) is 10.3. The van der Waals surface area contributed by atoms with Crippen LogP contribution in [0.15, 0.2) is 59.5 Å². The molecule has 2 aromatic rings. The second-order valence-corrected chi connectivity index (χ2v) is 5.81. The first-order valence-electron chi connectivity index (χ1n) is 6.33. The predicted molar refractivity (Wildman–Crippen MR) is 82.6 cm³/mol. The van der Waals surface area contributed by atoms with Crippen LogP contribution in [0.2, 0.25) is 0 Å². The lowest BCUT2D eigenvalue weighted by Crippen LogP contribution is -2.13. The van der Waals surface area contributed by atoms with Gasteiger partial charge >= 0.3 is 0 Å². The van der Waals surface area contributed by atoms with Gasteiger partial charge in [0.15, 0.2) is 0 Å². The molecular weight excluding hydrogens is 286 g/mol.